The van der Waals surface area contributed by atoms with E-state index >= 15 is 0 Å². The molecule has 3 N–H and O–H groups in total. The number of amides is 1. The third-order valence-electron chi connectivity index (χ3n) is 4.89. The molecule has 2 aromatic rings. The standard InChI is InChI=1S/C16H18N2O2.C4H4O4/c19-16(13-2-1-12-4-6-20-15(12)8-13)17-14-7-11-3-5-18(9-11)10-14;5-3(6)1-2-4(7)8/h1-2,4,6,8,11,14H,3,5,7,9-10H2,(H,17,19);1-2H,(H,5,6)(H,7,8)/b;2-1+/t11-,14-;/m1./s1. The van der Waals surface area contributed by atoms with Crippen molar-refractivity contribution in [3.05, 3.63) is 48.2 Å². The fourth-order valence-corrected chi connectivity index (χ4v) is 3.67. The molecule has 2 aliphatic rings. The number of carbonyl (C=O) groups is 3. The number of nitrogens with zero attached hydrogens (tertiary/aromatic N) is 1. The number of benzene rings is 1. The molecule has 0 radical (unpaired) electrons. The maximum absolute atomic E-state index is 12.3. The molecule has 2 bridgehead atoms. The molecule has 8 heteroatoms. The zero-order valence-corrected chi connectivity index (χ0v) is 15.2. The minimum atomic E-state index is -1.26. The number of hydrogen-bond donors (Lipinski definition) is 3. The van der Waals surface area contributed by atoms with E-state index in [0.29, 0.717) is 17.7 Å². The van der Waals surface area contributed by atoms with Crippen LogP contribution in [0.4, 0.5) is 0 Å². The van der Waals surface area contributed by atoms with Gasteiger partial charge in [0, 0.05) is 42.2 Å². The van der Waals surface area contributed by atoms with Crippen LogP contribution in [-0.4, -0.2) is 58.6 Å². The lowest BCUT2D eigenvalue weighted by Gasteiger charge is -2.30. The Labute approximate surface area is 161 Å². The maximum Gasteiger partial charge on any atom is 0.328 e. The molecule has 3 heterocycles. The average Bonchev–Trinajstić information content (AvgIpc) is 3.25. The SMILES string of the molecule is O=C(N[C@@H]1C[C@H]2CCN(C2)C1)c1ccc2ccoc2c1.O=C(O)/C=C/C(=O)O. The van der Waals surface area contributed by atoms with Crippen LogP contribution in [0.25, 0.3) is 11.0 Å². The van der Waals surface area contributed by atoms with Crippen molar-refractivity contribution in [1.82, 2.24) is 10.2 Å². The third-order valence-corrected chi connectivity index (χ3v) is 4.89. The van der Waals surface area contributed by atoms with Gasteiger partial charge in [-0.15, -0.1) is 0 Å². The van der Waals surface area contributed by atoms with Gasteiger partial charge in [-0.1, -0.05) is 6.07 Å². The van der Waals surface area contributed by atoms with E-state index in [1.807, 2.05) is 24.3 Å². The summed E-state index contributed by atoms with van der Waals surface area (Å²) in [4.78, 5) is 33.9. The second-order valence-electron chi connectivity index (χ2n) is 7.00. The molecule has 2 fully saturated rings. The van der Waals surface area contributed by atoms with E-state index in [-0.39, 0.29) is 11.9 Å². The summed E-state index contributed by atoms with van der Waals surface area (Å²) in [5.41, 5.74) is 1.45. The van der Waals surface area contributed by atoms with Crippen LogP contribution in [0.5, 0.6) is 0 Å². The lowest BCUT2D eigenvalue weighted by atomic mass is 9.96. The first-order chi connectivity index (χ1) is 13.4. The fraction of sp³-hybridized carbons (Fsp3) is 0.350. The summed E-state index contributed by atoms with van der Waals surface area (Å²) < 4.78 is 5.35. The first-order valence-electron chi connectivity index (χ1n) is 9.05. The zero-order valence-electron chi connectivity index (χ0n) is 15.2. The Hall–Kier alpha value is -3.13. The van der Waals surface area contributed by atoms with Crippen LogP contribution in [0.3, 0.4) is 0 Å². The largest absolute Gasteiger partial charge is 0.478 e. The quantitative estimate of drug-likeness (QED) is 0.687. The van der Waals surface area contributed by atoms with Gasteiger partial charge in [0.05, 0.1) is 6.26 Å². The normalized spacial score (nSPS) is 23.2. The van der Waals surface area contributed by atoms with Crippen molar-refractivity contribution < 1.29 is 29.0 Å². The maximum atomic E-state index is 12.3. The van der Waals surface area contributed by atoms with Crippen molar-refractivity contribution in [3.8, 4) is 0 Å². The number of fused-ring (bicyclic) bond motifs is 3. The minimum absolute atomic E-state index is 0.0100. The van der Waals surface area contributed by atoms with Gasteiger partial charge < -0.3 is 24.8 Å². The Balaban J connectivity index is 0.000000242. The van der Waals surface area contributed by atoms with Crippen LogP contribution in [0.15, 0.2) is 47.1 Å². The van der Waals surface area contributed by atoms with Crippen molar-refractivity contribution >= 4 is 28.8 Å². The first kappa shape index (κ1) is 19.6. The van der Waals surface area contributed by atoms with Gasteiger partial charge in [-0.3, -0.25) is 4.79 Å². The molecule has 0 aliphatic carbocycles. The minimum Gasteiger partial charge on any atom is -0.478 e. The van der Waals surface area contributed by atoms with Crippen LogP contribution in [0.1, 0.15) is 23.2 Å². The van der Waals surface area contributed by atoms with Crippen molar-refractivity contribution in [2.75, 3.05) is 19.6 Å². The highest BCUT2D eigenvalue weighted by Crippen LogP contribution is 2.27. The van der Waals surface area contributed by atoms with Crippen LogP contribution in [0.2, 0.25) is 0 Å². The Kier molecular flexibility index (Phi) is 6.10. The summed E-state index contributed by atoms with van der Waals surface area (Å²) in [5, 5.41) is 19.8. The highest BCUT2D eigenvalue weighted by molar-refractivity contribution is 5.97. The van der Waals surface area contributed by atoms with Crippen molar-refractivity contribution in [2.24, 2.45) is 5.92 Å². The van der Waals surface area contributed by atoms with Gasteiger partial charge >= 0.3 is 11.9 Å². The Morgan fingerprint density at radius 3 is 2.54 bits per heavy atom. The number of piperidine rings is 1. The Morgan fingerprint density at radius 2 is 1.86 bits per heavy atom. The van der Waals surface area contributed by atoms with Crippen molar-refractivity contribution in [2.45, 2.75) is 18.9 Å². The van der Waals surface area contributed by atoms with Crippen LogP contribution in [-0.2, 0) is 9.59 Å². The zero-order chi connectivity index (χ0) is 20.1. The summed E-state index contributed by atoms with van der Waals surface area (Å²) in [6.07, 6.45) is 5.17. The van der Waals surface area contributed by atoms with E-state index in [4.69, 9.17) is 14.6 Å². The number of carboxylic acids is 2. The molecule has 1 aromatic heterocycles. The van der Waals surface area contributed by atoms with Crippen LogP contribution < -0.4 is 5.32 Å². The summed E-state index contributed by atoms with van der Waals surface area (Å²) in [6.45, 7) is 3.39. The van der Waals surface area contributed by atoms with E-state index in [1.165, 1.54) is 19.5 Å². The van der Waals surface area contributed by atoms with E-state index in [2.05, 4.69) is 10.2 Å². The fourth-order valence-electron chi connectivity index (χ4n) is 3.67. The van der Waals surface area contributed by atoms with Crippen molar-refractivity contribution in [1.29, 1.82) is 0 Å². The molecule has 1 amide bonds. The number of rotatable bonds is 4. The monoisotopic (exact) mass is 386 g/mol. The third kappa shape index (κ3) is 5.20. The van der Waals surface area contributed by atoms with Gasteiger partial charge in [0.2, 0.25) is 0 Å². The van der Waals surface area contributed by atoms with Gasteiger partial charge in [-0.05, 0) is 43.5 Å². The molecule has 8 nitrogen and oxygen atoms in total. The molecule has 2 aliphatic heterocycles. The van der Waals surface area contributed by atoms with Crippen molar-refractivity contribution in [3.63, 3.8) is 0 Å². The topological polar surface area (TPSA) is 120 Å². The number of nitrogens with one attached hydrogen (secondary N) is 1. The van der Waals surface area contributed by atoms with E-state index in [1.54, 1.807) is 6.26 Å². The van der Waals surface area contributed by atoms with E-state index < -0.39 is 11.9 Å². The second-order valence-corrected chi connectivity index (χ2v) is 7.00. The van der Waals surface area contributed by atoms with Gasteiger partial charge in [-0.2, -0.15) is 0 Å². The summed E-state index contributed by atoms with van der Waals surface area (Å²) >= 11 is 0. The van der Waals surface area contributed by atoms with Crippen LogP contribution >= 0.6 is 0 Å². The number of aliphatic carboxylic acids is 2. The molecular weight excluding hydrogens is 364 g/mol. The highest BCUT2D eigenvalue weighted by atomic mass is 16.4. The first-order valence-corrected chi connectivity index (χ1v) is 9.05. The van der Waals surface area contributed by atoms with Gasteiger partial charge in [0.15, 0.2) is 0 Å². The molecule has 2 saturated heterocycles. The Bertz CT molecular complexity index is 875. The highest BCUT2D eigenvalue weighted by Gasteiger charge is 2.32. The van der Waals surface area contributed by atoms with Gasteiger partial charge in [0.1, 0.15) is 5.58 Å². The molecule has 1 aromatic carbocycles. The molecule has 0 spiro atoms. The molecule has 1 unspecified atom stereocenters. The summed E-state index contributed by atoms with van der Waals surface area (Å²) in [6, 6.07) is 7.81. The molecule has 28 heavy (non-hydrogen) atoms. The van der Waals surface area contributed by atoms with Crippen LogP contribution in [0, 0.1) is 5.92 Å². The van der Waals surface area contributed by atoms with Gasteiger partial charge in [-0.25, -0.2) is 9.59 Å². The van der Waals surface area contributed by atoms with E-state index in [0.717, 1.165) is 29.9 Å². The number of hydrogen-bond acceptors (Lipinski definition) is 5. The molecule has 148 valence electrons. The predicted molar refractivity (Wildman–Crippen MR) is 101 cm³/mol. The predicted octanol–water partition coefficient (Wildman–Crippen LogP) is 1.97. The molecular formula is C20H22N2O6. The lowest BCUT2D eigenvalue weighted by Crippen LogP contribution is -2.47. The Morgan fingerprint density at radius 1 is 1.11 bits per heavy atom. The summed E-state index contributed by atoms with van der Waals surface area (Å²) in [5.74, 6) is -1.74. The molecule has 3 atom stereocenters. The molecule has 4 rings (SSSR count). The lowest BCUT2D eigenvalue weighted by molar-refractivity contribution is -0.134. The number of carboxylic acid groups (broad SMARTS) is 2. The average molecular weight is 386 g/mol. The molecule has 0 saturated carbocycles. The smallest absolute Gasteiger partial charge is 0.328 e. The number of carbonyl (C=O) groups excluding carboxylic acids is 1. The van der Waals surface area contributed by atoms with Gasteiger partial charge in [0.25, 0.3) is 5.91 Å². The van der Waals surface area contributed by atoms with E-state index in [9.17, 15) is 14.4 Å². The second kappa shape index (κ2) is 8.71. The number of furan rings is 1. The summed E-state index contributed by atoms with van der Waals surface area (Å²) in [7, 11) is 0.